The summed E-state index contributed by atoms with van der Waals surface area (Å²) in [7, 11) is 0. The molecule has 0 spiro atoms. The van der Waals surface area contributed by atoms with Gasteiger partial charge in [-0.25, -0.2) is 0 Å². The molecule has 0 radical (unpaired) electrons. The van der Waals surface area contributed by atoms with Gasteiger partial charge in [-0.1, -0.05) is 231 Å². The molecule has 4 heterocycles. The lowest BCUT2D eigenvalue weighted by Crippen LogP contribution is -2.12. The highest BCUT2D eigenvalue weighted by molar-refractivity contribution is 6.33. The lowest BCUT2D eigenvalue weighted by atomic mass is 9.94. The Morgan fingerprint density at radius 2 is 0.581 bits per heavy atom. The van der Waals surface area contributed by atoms with Gasteiger partial charge >= 0.3 is 0 Å². The number of anilines is 6. The van der Waals surface area contributed by atoms with Gasteiger partial charge in [0.2, 0.25) is 0 Å². The van der Waals surface area contributed by atoms with Crippen molar-refractivity contribution in [3.63, 3.8) is 0 Å². The molecular weight excluding hydrogens is 1040 g/mol. The third-order valence-corrected chi connectivity index (χ3v) is 18.6. The van der Waals surface area contributed by atoms with E-state index in [0.717, 1.165) is 34.1 Å². The van der Waals surface area contributed by atoms with Crippen molar-refractivity contribution in [3.8, 4) is 22.3 Å². The Labute approximate surface area is 494 Å². The minimum atomic E-state index is 1.10. The highest BCUT2D eigenvalue weighted by Crippen LogP contribution is 2.55. The molecule has 4 heteroatoms. The van der Waals surface area contributed by atoms with Crippen LogP contribution in [0, 0.1) is 0 Å². The van der Waals surface area contributed by atoms with E-state index < -0.39 is 0 Å². The number of para-hydroxylation sites is 4. The summed E-state index contributed by atoms with van der Waals surface area (Å²) in [5.74, 6) is 0. The van der Waals surface area contributed by atoms with Crippen molar-refractivity contribution in [2.75, 3.05) is 9.80 Å². The molecule has 0 aliphatic rings. The second-order valence-corrected chi connectivity index (χ2v) is 23.1. The number of hydrogen-bond donors (Lipinski definition) is 0. The third kappa shape index (κ3) is 6.64. The molecule has 0 bridgehead atoms. The van der Waals surface area contributed by atoms with Crippen molar-refractivity contribution >= 4 is 153 Å². The first-order valence-corrected chi connectivity index (χ1v) is 29.7. The fraction of sp³-hybridized carbons (Fsp3) is 0. The van der Waals surface area contributed by atoms with Crippen molar-refractivity contribution in [3.05, 3.63) is 303 Å². The largest absolute Gasteiger partial charge is 0.309 e. The number of hydrogen-bond acceptors (Lipinski definition) is 2. The zero-order valence-electron chi connectivity index (χ0n) is 46.7. The minimum absolute atomic E-state index is 1.10. The zero-order valence-corrected chi connectivity index (χ0v) is 46.7. The lowest BCUT2D eigenvalue weighted by Gasteiger charge is -2.30. The van der Waals surface area contributed by atoms with Crippen LogP contribution < -0.4 is 9.80 Å². The Hall–Kier alpha value is -11.5. The standard InChI is InChI=1S/C82H50N4/c1-3-25-59(26-4-1)83(79-61-29-13-11-21-53(61)39-41-63(79)57-37-35-51-19-7-9-23-55(51)47-57)73-45-43-65-69-49-76-70(50-75(69)85-71-33-17-15-31-67(71)77(73)81(65)85)66-44-46-74(78-68-32-16-18-34-72(68)86(76)82(66)78)84(60-27-5-2-6-28-60)80-62-30-14-12-22-54(62)40-42-64(80)58-38-36-52-20-8-10-24-56(52)48-58/h1-50H. The lowest BCUT2D eigenvalue weighted by molar-refractivity contribution is 1.31. The van der Waals surface area contributed by atoms with Gasteiger partial charge in [-0.3, -0.25) is 0 Å². The van der Waals surface area contributed by atoms with Gasteiger partial charge < -0.3 is 18.6 Å². The Bertz CT molecular complexity index is 5610. The van der Waals surface area contributed by atoms with E-state index in [2.05, 4.69) is 322 Å². The third-order valence-electron chi connectivity index (χ3n) is 18.6. The van der Waals surface area contributed by atoms with Crippen molar-refractivity contribution in [1.29, 1.82) is 0 Å². The van der Waals surface area contributed by atoms with Gasteiger partial charge in [-0.15, -0.1) is 0 Å². The van der Waals surface area contributed by atoms with Gasteiger partial charge in [0.15, 0.2) is 0 Å². The molecule has 0 atom stereocenters. The molecule has 4 nitrogen and oxygen atoms in total. The van der Waals surface area contributed by atoms with Crippen molar-refractivity contribution in [1.82, 2.24) is 8.80 Å². The topological polar surface area (TPSA) is 15.3 Å². The first-order valence-electron chi connectivity index (χ1n) is 29.7. The van der Waals surface area contributed by atoms with Crippen LogP contribution in [0.1, 0.15) is 0 Å². The van der Waals surface area contributed by atoms with Crippen LogP contribution in [0.25, 0.3) is 142 Å². The summed E-state index contributed by atoms with van der Waals surface area (Å²) in [6, 6.07) is 113. The van der Waals surface area contributed by atoms with E-state index in [4.69, 9.17) is 0 Å². The number of aromatic nitrogens is 2. The van der Waals surface area contributed by atoms with Crippen LogP contribution in [-0.2, 0) is 0 Å². The van der Waals surface area contributed by atoms with Gasteiger partial charge in [-0.05, 0) is 116 Å². The van der Waals surface area contributed by atoms with E-state index in [1.807, 2.05) is 0 Å². The fourth-order valence-electron chi connectivity index (χ4n) is 14.9. The maximum absolute atomic E-state index is 2.57. The van der Waals surface area contributed by atoms with Crippen LogP contribution in [0.3, 0.4) is 0 Å². The summed E-state index contributed by atoms with van der Waals surface area (Å²) in [5.41, 5.74) is 18.7. The van der Waals surface area contributed by atoms with E-state index in [-0.39, 0.29) is 0 Å². The first kappa shape index (κ1) is 47.1. The molecule has 0 saturated carbocycles. The highest BCUT2D eigenvalue weighted by Gasteiger charge is 2.30. The average Bonchev–Trinajstić information content (AvgIpc) is 1.57. The van der Waals surface area contributed by atoms with Crippen LogP contribution in [0.5, 0.6) is 0 Å². The molecule has 0 fully saturated rings. The second kappa shape index (κ2) is 18.0. The summed E-state index contributed by atoms with van der Waals surface area (Å²) < 4.78 is 5.14. The van der Waals surface area contributed by atoms with E-state index in [0.29, 0.717) is 0 Å². The number of fused-ring (bicyclic) bond motifs is 16. The maximum atomic E-state index is 2.57. The summed E-state index contributed by atoms with van der Waals surface area (Å²) in [6.45, 7) is 0. The van der Waals surface area contributed by atoms with Crippen molar-refractivity contribution < 1.29 is 0 Å². The molecule has 4 aromatic heterocycles. The van der Waals surface area contributed by atoms with Crippen LogP contribution in [0.4, 0.5) is 34.1 Å². The zero-order chi connectivity index (χ0) is 56.1. The summed E-state index contributed by atoms with van der Waals surface area (Å²) in [5, 5.41) is 19.5. The maximum Gasteiger partial charge on any atom is 0.0641 e. The van der Waals surface area contributed by atoms with E-state index in [1.165, 1.54) is 142 Å². The molecule has 15 aromatic carbocycles. The molecule has 0 unspecified atom stereocenters. The van der Waals surface area contributed by atoms with Gasteiger partial charge in [0.05, 0.1) is 55.8 Å². The fourth-order valence-corrected chi connectivity index (χ4v) is 14.9. The van der Waals surface area contributed by atoms with Crippen LogP contribution in [0.2, 0.25) is 0 Å². The molecule has 0 aliphatic heterocycles. The highest BCUT2D eigenvalue weighted by atomic mass is 15.2. The van der Waals surface area contributed by atoms with Crippen LogP contribution in [0.15, 0.2) is 303 Å². The number of nitrogens with zero attached hydrogens (tertiary/aromatic N) is 4. The quantitative estimate of drug-likeness (QED) is 0.151. The van der Waals surface area contributed by atoms with Gasteiger partial charge in [0, 0.05) is 76.4 Å². The molecular formula is C82H50N4. The Balaban J connectivity index is 0.879. The molecule has 398 valence electrons. The Morgan fingerprint density at radius 1 is 0.221 bits per heavy atom. The molecule has 0 aliphatic carbocycles. The number of rotatable bonds is 8. The second-order valence-electron chi connectivity index (χ2n) is 23.1. The molecule has 19 rings (SSSR count). The smallest absolute Gasteiger partial charge is 0.0641 e. The Kier molecular flexibility index (Phi) is 9.86. The van der Waals surface area contributed by atoms with E-state index in [1.54, 1.807) is 0 Å². The summed E-state index contributed by atoms with van der Waals surface area (Å²) in [4.78, 5) is 5.09. The van der Waals surface area contributed by atoms with Crippen LogP contribution in [-0.4, -0.2) is 8.80 Å². The normalized spacial score (nSPS) is 12.2. The number of benzene rings is 15. The average molecular weight is 1090 g/mol. The summed E-state index contributed by atoms with van der Waals surface area (Å²) >= 11 is 0. The molecule has 19 aromatic rings. The summed E-state index contributed by atoms with van der Waals surface area (Å²) in [6.07, 6.45) is 0. The SMILES string of the molecule is c1ccc(N(c2c(-c3ccc4ccccc4c3)ccc3ccccc23)c2ccc3c4cc5c(cc4n4c6ccccc6c2c34)c2ccc(N(c3ccccc3)c3c(-c4ccc6ccccc6c4)ccc4ccccc34)c3c4ccccc4n5c23)cc1. The monoisotopic (exact) mass is 1090 g/mol. The van der Waals surface area contributed by atoms with E-state index >= 15 is 0 Å². The van der Waals surface area contributed by atoms with Crippen molar-refractivity contribution in [2.24, 2.45) is 0 Å². The molecule has 0 saturated heterocycles. The van der Waals surface area contributed by atoms with Crippen molar-refractivity contribution in [2.45, 2.75) is 0 Å². The van der Waals surface area contributed by atoms with Gasteiger partial charge in [-0.2, -0.15) is 0 Å². The predicted octanol–water partition coefficient (Wildman–Crippen LogP) is 22.9. The first-order chi connectivity index (χ1) is 42.7. The van der Waals surface area contributed by atoms with E-state index in [9.17, 15) is 0 Å². The van der Waals surface area contributed by atoms with Gasteiger partial charge in [0.25, 0.3) is 0 Å². The van der Waals surface area contributed by atoms with Crippen LogP contribution >= 0.6 is 0 Å². The minimum Gasteiger partial charge on any atom is -0.309 e. The molecule has 86 heavy (non-hydrogen) atoms. The van der Waals surface area contributed by atoms with Gasteiger partial charge in [0.1, 0.15) is 0 Å². The molecule has 0 N–H and O–H groups in total. The Morgan fingerprint density at radius 3 is 1.02 bits per heavy atom. The predicted molar refractivity (Wildman–Crippen MR) is 366 cm³/mol. The molecule has 0 amide bonds.